The van der Waals surface area contributed by atoms with Crippen molar-refractivity contribution in [3.63, 3.8) is 0 Å². The Labute approximate surface area is 166 Å². The van der Waals surface area contributed by atoms with Crippen molar-refractivity contribution < 1.29 is 14.3 Å². The minimum absolute atomic E-state index is 0.00696. The zero-order chi connectivity index (χ0) is 20.1. The average Bonchev–Trinajstić information content (AvgIpc) is 2.83. The molecule has 148 valence electrons. The molecule has 5 heteroatoms. The highest BCUT2D eigenvalue weighted by molar-refractivity contribution is 6.02. The lowest BCUT2D eigenvalue weighted by molar-refractivity contribution is -0.121. The number of amides is 2. The highest BCUT2D eigenvalue weighted by Gasteiger charge is 2.30. The molecule has 2 atom stereocenters. The molecule has 0 aliphatic carbocycles. The van der Waals surface area contributed by atoms with E-state index in [1.54, 1.807) is 9.80 Å². The number of rotatable bonds is 7. The van der Waals surface area contributed by atoms with Gasteiger partial charge in [0.1, 0.15) is 12.4 Å². The number of para-hydroxylation sites is 2. The van der Waals surface area contributed by atoms with Gasteiger partial charge in [0, 0.05) is 6.54 Å². The van der Waals surface area contributed by atoms with Crippen molar-refractivity contribution in [1.82, 2.24) is 0 Å². The van der Waals surface area contributed by atoms with Crippen LogP contribution >= 0.6 is 0 Å². The molecule has 2 aromatic rings. The van der Waals surface area contributed by atoms with Crippen LogP contribution in [0.1, 0.15) is 38.7 Å². The van der Waals surface area contributed by atoms with Crippen LogP contribution in [0, 0.1) is 5.92 Å². The molecule has 5 nitrogen and oxygen atoms in total. The molecule has 0 bridgehead atoms. The molecule has 2 unspecified atom stereocenters. The van der Waals surface area contributed by atoms with Crippen LogP contribution in [0.25, 0.3) is 0 Å². The van der Waals surface area contributed by atoms with Gasteiger partial charge in [0.2, 0.25) is 12.3 Å². The van der Waals surface area contributed by atoms with E-state index in [2.05, 4.69) is 26.0 Å². The molecule has 0 spiro atoms. The first-order valence-corrected chi connectivity index (χ1v) is 9.90. The number of carbonyl (C=O) groups excluding carboxylic acids is 2. The molecule has 0 N–H and O–H groups in total. The highest BCUT2D eigenvalue weighted by atomic mass is 16.5. The molecule has 0 radical (unpaired) electrons. The molecule has 1 aliphatic heterocycles. The molecule has 1 aliphatic rings. The lowest BCUT2D eigenvalue weighted by Crippen LogP contribution is -2.38. The largest absolute Gasteiger partial charge is 0.492 e. The Bertz CT molecular complexity index is 819. The van der Waals surface area contributed by atoms with E-state index in [0.29, 0.717) is 25.6 Å². The van der Waals surface area contributed by atoms with Gasteiger partial charge in [-0.3, -0.25) is 9.59 Å². The molecular formula is C23H28N2O3. The number of carbonyl (C=O) groups is 2. The van der Waals surface area contributed by atoms with Crippen LogP contribution in [0.4, 0.5) is 11.4 Å². The van der Waals surface area contributed by atoms with Crippen LogP contribution in [0.2, 0.25) is 0 Å². The molecule has 1 heterocycles. The smallest absolute Gasteiger partial charge is 0.231 e. The monoisotopic (exact) mass is 380 g/mol. The van der Waals surface area contributed by atoms with Gasteiger partial charge in [-0.05, 0) is 42.2 Å². The maximum Gasteiger partial charge on any atom is 0.231 e. The van der Waals surface area contributed by atoms with Gasteiger partial charge < -0.3 is 14.5 Å². The van der Waals surface area contributed by atoms with E-state index in [4.69, 9.17) is 4.74 Å². The third kappa shape index (κ3) is 4.19. The summed E-state index contributed by atoms with van der Waals surface area (Å²) in [7, 11) is 0. The third-order valence-corrected chi connectivity index (χ3v) is 5.41. The maximum atomic E-state index is 12.9. The standard InChI is InChI=1S/C23H28N2O3/c1-4-17(2)19-9-11-20(12-10-19)28-14-13-25-22-8-6-5-7-21(22)24(16-26)15-18(3)23(25)27/h5-12,16-18H,4,13-15H2,1-3H3. The summed E-state index contributed by atoms with van der Waals surface area (Å²) >= 11 is 0. The molecule has 2 amide bonds. The second kappa shape index (κ2) is 8.91. The van der Waals surface area contributed by atoms with E-state index in [1.165, 1.54) is 5.56 Å². The molecule has 3 rings (SSSR count). The fourth-order valence-electron chi connectivity index (χ4n) is 3.51. The molecular weight excluding hydrogens is 352 g/mol. The first-order valence-electron chi connectivity index (χ1n) is 9.90. The van der Waals surface area contributed by atoms with Crippen molar-refractivity contribution in [2.24, 2.45) is 5.92 Å². The SMILES string of the molecule is CCC(C)c1ccc(OCCN2C(=O)C(C)CN(C=O)c3ccccc32)cc1. The van der Waals surface area contributed by atoms with Gasteiger partial charge in [-0.15, -0.1) is 0 Å². The third-order valence-electron chi connectivity index (χ3n) is 5.41. The predicted molar refractivity (Wildman–Crippen MR) is 112 cm³/mol. The molecule has 0 fully saturated rings. The Balaban J connectivity index is 1.71. The number of anilines is 2. The van der Waals surface area contributed by atoms with Gasteiger partial charge in [-0.25, -0.2) is 0 Å². The molecule has 2 aromatic carbocycles. The summed E-state index contributed by atoms with van der Waals surface area (Å²) in [6.45, 7) is 7.44. The number of hydrogen-bond acceptors (Lipinski definition) is 3. The fraction of sp³-hybridized carbons (Fsp3) is 0.391. The van der Waals surface area contributed by atoms with Crippen molar-refractivity contribution in [3.05, 3.63) is 54.1 Å². The highest BCUT2D eigenvalue weighted by Crippen LogP contribution is 2.33. The van der Waals surface area contributed by atoms with E-state index in [-0.39, 0.29) is 11.8 Å². The second-order valence-corrected chi connectivity index (χ2v) is 7.36. The van der Waals surface area contributed by atoms with Gasteiger partial charge in [-0.1, -0.05) is 45.0 Å². The maximum absolute atomic E-state index is 12.9. The number of benzene rings is 2. The fourth-order valence-corrected chi connectivity index (χ4v) is 3.51. The lowest BCUT2D eigenvalue weighted by Gasteiger charge is -2.24. The van der Waals surface area contributed by atoms with Crippen LogP contribution < -0.4 is 14.5 Å². The minimum Gasteiger partial charge on any atom is -0.492 e. The van der Waals surface area contributed by atoms with Crippen molar-refractivity contribution in [2.75, 3.05) is 29.5 Å². The quantitative estimate of drug-likeness (QED) is 0.676. The molecule has 0 aromatic heterocycles. The van der Waals surface area contributed by atoms with Gasteiger partial charge >= 0.3 is 0 Å². The number of nitrogens with zero attached hydrogens (tertiary/aromatic N) is 2. The normalized spacial score (nSPS) is 17.7. The lowest BCUT2D eigenvalue weighted by atomic mass is 9.99. The predicted octanol–water partition coefficient (Wildman–Crippen LogP) is 4.22. The van der Waals surface area contributed by atoms with Crippen molar-refractivity contribution in [2.45, 2.75) is 33.1 Å². The summed E-state index contributed by atoms with van der Waals surface area (Å²) in [6, 6.07) is 15.7. The summed E-state index contributed by atoms with van der Waals surface area (Å²) in [5, 5.41) is 0. The van der Waals surface area contributed by atoms with Gasteiger partial charge in [0.05, 0.1) is 23.8 Å². The zero-order valence-corrected chi connectivity index (χ0v) is 16.8. The van der Waals surface area contributed by atoms with Crippen LogP contribution in [-0.4, -0.2) is 32.0 Å². The van der Waals surface area contributed by atoms with E-state index >= 15 is 0 Å². The van der Waals surface area contributed by atoms with E-state index < -0.39 is 0 Å². The van der Waals surface area contributed by atoms with Crippen LogP contribution in [0.5, 0.6) is 5.75 Å². The van der Waals surface area contributed by atoms with Crippen LogP contribution in [0.15, 0.2) is 48.5 Å². The van der Waals surface area contributed by atoms with Gasteiger partial charge in [-0.2, -0.15) is 0 Å². The number of fused-ring (bicyclic) bond motifs is 1. The number of ether oxygens (including phenoxy) is 1. The summed E-state index contributed by atoms with van der Waals surface area (Å²) in [6.07, 6.45) is 1.90. The van der Waals surface area contributed by atoms with E-state index in [9.17, 15) is 9.59 Å². The van der Waals surface area contributed by atoms with Crippen molar-refractivity contribution in [1.29, 1.82) is 0 Å². The van der Waals surface area contributed by atoms with Crippen molar-refractivity contribution in [3.8, 4) is 5.75 Å². The first kappa shape index (κ1) is 19.9. The van der Waals surface area contributed by atoms with Crippen LogP contribution in [0.3, 0.4) is 0 Å². The summed E-state index contributed by atoms with van der Waals surface area (Å²) in [4.78, 5) is 27.7. The van der Waals surface area contributed by atoms with E-state index in [1.807, 2.05) is 43.3 Å². The molecule has 0 saturated carbocycles. The Kier molecular flexibility index (Phi) is 6.34. The molecule has 0 saturated heterocycles. The Morgan fingerprint density at radius 3 is 2.46 bits per heavy atom. The van der Waals surface area contributed by atoms with Crippen molar-refractivity contribution >= 4 is 23.7 Å². The second-order valence-electron chi connectivity index (χ2n) is 7.36. The van der Waals surface area contributed by atoms with Gasteiger partial charge in [0.15, 0.2) is 0 Å². The summed E-state index contributed by atoms with van der Waals surface area (Å²) in [5.74, 6) is 1.06. The van der Waals surface area contributed by atoms with Gasteiger partial charge in [0.25, 0.3) is 0 Å². The summed E-state index contributed by atoms with van der Waals surface area (Å²) < 4.78 is 5.89. The molecule has 28 heavy (non-hydrogen) atoms. The minimum atomic E-state index is -0.271. The Hall–Kier alpha value is -2.82. The summed E-state index contributed by atoms with van der Waals surface area (Å²) in [5.41, 5.74) is 2.81. The topological polar surface area (TPSA) is 49.9 Å². The number of hydrogen-bond donors (Lipinski definition) is 0. The Morgan fingerprint density at radius 2 is 1.82 bits per heavy atom. The first-order chi connectivity index (χ1) is 13.5. The Morgan fingerprint density at radius 1 is 1.14 bits per heavy atom. The van der Waals surface area contributed by atoms with E-state index in [0.717, 1.165) is 30.0 Å². The zero-order valence-electron chi connectivity index (χ0n) is 16.8. The average molecular weight is 380 g/mol. The van der Waals surface area contributed by atoms with Crippen LogP contribution in [-0.2, 0) is 9.59 Å².